The Bertz CT molecular complexity index is 255. The summed E-state index contributed by atoms with van der Waals surface area (Å²) in [6.07, 6.45) is 8.63. The molecular formula is C14H26N2O2. The monoisotopic (exact) mass is 254 g/mol. The lowest BCUT2D eigenvalue weighted by Gasteiger charge is -2.39. The molecule has 2 rings (SSSR count). The molecule has 2 aliphatic rings. The highest BCUT2D eigenvalue weighted by Crippen LogP contribution is 2.22. The Morgan fingerprint density at radius 3 is 2.17 bits per heavy atom. The second-order valence-electron chi connectivity index (χ2n) is 5.67. The fraction of sp³-hybridized carbons (Fsp3) is 0.929. The van der Waals surface area contributed by atoms with Gasteiger partial charge in [0.15, 0.2) is 0 Å². The van der Waals surface area contributed by atoms with Crippen LogP contribution in [0.2, 0.25) is 0 Å². The van der Waals surface area contributed by atoms with Gasteiger partial charge in [-0.05, 0) is 12.8 Å². The van der Waals surface area contributed by atoms with E-state index < -0.39 is 5.97 Å². The largest absolute Gasteiger partial charge is 0.481 e. The van der Waals surface area contributed by atoms with Crippen molar-refractivity contribution in [2.75, 3.05) is 32.7 Å². The molecular weight excluding hydrogens is 228 g/mol. The Balaban J connectivity index is 1.70. The first-order valence-corrected chi connectivity index (χ1v) is 7.44. The minimum absolute atomic E-state index is 0.281. The molecule has 1 saturated carbocycles. The average Bonchev–Trinajstić information content (AvgIpc) is 2.66. The van der Waals surface area contributed by atoms with E-state index in [1.807, 2.05) is 0 Å². The lowest BCUT2D eigenvalue weighted by Crippen LogP contribution is -2.50. The molecule has 0 spiro atoms. The summed E-state index contributed by atoms with van der Waals surface area (Å²) in [6, 6.07) is 0.800. The highest BCUT2D eigenvalue weighted by atomic mass is 16.4. The molecule has 1 saturated heterocycles. The highest BCUT2D eigenvalue weighted by Gasteiger charge is 2.24. The predicted octanol–water partition coefficient (Wildman–Crippen LogP) is 1.80. The van der Waals surface area contributed by atoms with Gasteiger partial charge in [0.2, 0.25) is 0 Å². The molecule has 0 bridgehead atoms. The van der Waals surface area contributed by atoms with Gasteiger partial charge in [-0.2, -0.15) is 0 Å². The maximum atomic E-state index is 10.6. The van der Waals surface area contributed by atoms with Crippen LogP contribution in [0.3, 0.4) is 0 Å². The number of carboxylic acids is 1. The molecule has 0 unspecified atom stereocenters. The van der Waals surface area contributed by atoms with Gasteiger partial charge in [-0.15, -0.1) is 0 Å². The number of rotatable bonds is 4. The van der Waals surface area contributed by atoms with E-state index in [9.17, 15) is 4.79 Å². The third kappa shape index (κ3) is 4.25. The summed E-state index contributed by atoms with van der Waals surface area (Å²) in [4.78, 5) is 15.5. The molecule has 18 heavy (non-hydrogen) atoms. The second-order valence-corrected chi connectivity index (χ2v) is 5.67. The first-order chi connectivity index (χ1) is 8.75. The third-order valence-corrected chi connectivity index (χ3v) is 4.39. The Hall–Kier alpha value is -0.610. The van der Waals surface area contributed by atoms with Gasteiger partial charge >= 0.3 is 5.97 Å². The van der Waals surface area contributed by atoms with Crippen molar-refractivity contribution in [1.82, 2.24) is 9.80 Å². The SMILES string of the molecule is O=C(O)CCN1CCN(C2CCCCCC2)CC1. The van der Waals surface area contributed by atoms with Crippen molar-refractivity contribution in [3.63, 3.8) is 0 Å². The standard InChI is InChI=1S/C14H26N2O2/c17-14(18)7-8-15-9-11-16(12-10-15)13-5-3-1-2-4-6-13/h13H,1-12H2,(H,17,18). The lowest BCUT2D eigenvalue weighted by atomic mass is 10.1. The van der Waals surface area contributed by atoms with Crippen molar-refractivity contribution in [1.29, 1.82) is 0 Å². The van der Waals surface area contributed by atoms with Gasteiger partial charge in [0.05, 0.1) is 6.42 Å². The van der Waals surface area contributed by atoms with Gasteiger partial charge < -0.3 is 10.0 Å². The van der Waals surface area contributed by atoms with Gasteiger partial charge in [0.1, 0.15) is 0 Å². The van der Waals surface area contributed by atoms with E-state index in [1.165, 1.54) is 38.5 Å². The molecule has 1 N–H and O–H groups in total. The number of aliphatic carboxylic acids is 1. The van der Waals surface area contributed by atoms with E-state index in [0.29, 0.717) is 6.54 Å². The van der Waals surface area contributed by atoms with Crippen molar-refractivity contribution < 1.29 is 9.90 Å². The molecule has 0 aromatic rings. The van der Waals surface area contributed by atoms with Crippen molar-refractivity contribution in [2.45, 2.75) is 51.0 Å². The molecule has 0 radical (unpaired) electrons. The van der Waals surface area contributed by atoms with Crippen LogP contribution in [0.15, 0.2) is 0 Å². The third-order valence-electron chi connectivity index (χ3n) is 4.39. The number of hydrogen-bond acceptors (Lipinski definition) is 3. The van der Waals surface area contributed by atoms with Crippen molar-refractivity contribution in [2.24, 2.45) is 0 Å². The van der Waals surface area contributed by atoms with Crippen LogP contribution >= 0.6 is 0 Å². The maximum Gasteiger partial charge on any atom is 0.304 e. The van der Waals surface area contributed by atoms with Gasteiger partial charge in [-0.25, -0.2) is 0 Å². The van der Waals surface area contributed by atoms with Crippen LogP contribution in [0.1, 0.15) is 44.9 Å². The molecule has 104 valence electrons. The molecule has 0 aromatic heterocycles. The van der Waals surface area contributed by atoms with E-state index in [1.54, 1.807) is 0 Å². The summed E-state index contributed by atoms with van der Waals surface area (Å²) in [5.41, 5.74) is 0. The Morgan fingerprint density at radius 2 is 1.61 bits per heavy atom. The summed E-state index contributed by atoms with van der Waals surface area (Å²) in [7, 11) is 0. The second kappa shape index (κ2) is 7.10. The molecule has 0 amide bonds. The Morgan fingerprint density at radius 1 is 1.00 bits per heavy atom. The van der Waals surface area contributed by atoms with Crippen LogP contribution in [-0.2, 0) is 4.79 Å². The summed E-state index contributed by atoms with van der Waals surface area (Å²) in [5.74, 6) is -0.679. The summed E-state index contributed by atoms with van der Waals surface area (Å²) >= 11 is 0. The quantitative estimate of drug-likeness (QED) is 0.777. The minimum atomic E-state index is -0.679. The topological polar surface area (TPSA) is 43.8 Å². The van der Waals surface area contributed by atoms with Gasteiger partial charge in [-0.3, -0.25) is 9.69 Å². The zero-order chi connectivity index (χ0) is 12.8. The van der Waals surface area contributed by atoms with E-state index in [-0.39, 0.29) is 6.42 Å². The number of nitrogens with zero attached hydrogens (tertiary/aromatic N) is 2. The molecule has 0 atom stereocenters. The molecule has 0 aromatic carbocycles. The van der Waals surface area contributed by atoms with Crippen LogP contribution in [-0.4, -0.2) is 59.6 Å². The molecule has 1 aliphatic carbocycles. The van der Waals surface area contributed by atoms with Crippen LogP contribution in [0.4, 0.5) is 0 Å². The molecule has 4 heteroatoms. The van der Waals surface area contributed by atoms with E-state index in [0.717, 1.165) is 32.2 Å². The average molecular weight is 254 g/mol. The van der Waals surface area contributed by atoms with Crippen LogP contribution in [0.5, 0.6) is 0 Å². The summed E-state index contributed by atoms with van der Waals surface area (Å²) in [5, 5.41) is 8.69. The molecule has 2 fully saturated rings. The number of hydrogen-bond donors (Lipinski definition) is 1. The first kappa shape index (κ1) is 13.8. The van der Waals surface area contributed by atoms with Crippen LogP contribution in [0, 0.1) is 0 Å². The Labute approximate surface area is 110 Å². The van der Waals surface area contributed by atoms with Gasteiger partial charge in [0.25, 0.3) is 0 Å². The van der Waals surface area contributed by atoms with Gasteiger partial charge in [-0.1, -0.05) is 25.7 Å². The lowest BCUT2D eigenvalue weighted by molar-refractivity contribution is -0.137. The smallest absolute Gasteiger partial charge is 0.304 e. The van der Waals surface area contributed by atoms with Gasteiger partial charge in [0, 0.05) is 38.8 Å². The molecule has 1 aliphatic heterocycles. The fourth-order valence-electron chi connectivity index (χ4n) is 3.23. The molecule has 1 heterocycles. The first-order valence-electron chi connectivity index (χ1n) is 7.44. The van der Waals surface area contributed by atoms with E-state index >= 15 is 0 Å². The maximum absolute atomic E-state index is 10.6. The van der Waals surface area contributed by atoms with Crippen LogP contribution < -0.4 is 0 Å². The minimum Gasteiger partial charge on any atom is -0.481 e. The summed E-state index contributed by atoms with van der Waals surface area (Å²) < 4.78 is 0. The normalized spacial score (nSPS) is 24.9. The Kier molecular flexibility index (Phi) is 5.45. The number of piperazine rings is 1. The zero-order valence-corrected chi connectivity index (χ0v) is 11.3. The summed E-state index contributed by atoms with van der Waals surface area (Å²) in [6.45, 7) is 5.07. The highest BCUT2D eigenvalue weighted by molar-refractivity contribution is 5.66. The van der Waals surface area contributed by atoms with E-state index in [4.69, 9.17) is 5.11 Å². The zero-order valence-electron chi connectivity index (χ0n) is 11.3. The van der Waals surface area contributed by atoms with Crippen molar-refractivity contribution in [3.05, 3.63) is 0 Å². The fourth-order valence-corrected chi connectivity index (χ4v) is 3.23. The van der Waals surface area contributed by atoms with Crippen molar-refractivity contribution >= 4 is 5.97 Å². The number of carboxylic acid groups (broad SMARTS) is 1. The molecule has 4 nitrogen and oxygen atoms in total. The number of carbonyl (C=O) groups is 1. The van der Waals surface area contributed by atoms with Crippen LogP contribution in [0.25, 0.3) is 0 Å². The van der Waals surface area contributed by atoms with E-state index in [2.05, 4.69) is 9.80 Å². The predicted molar refractivity (Wildman–Crippen MR) is 71.8 cm³/mol. The van der Waals surface area contributed by atoms with Crippen molar-refractivity contribution in [3.8, 4) is 0 Å².